The molecule has 4 N–H and O–H groups in total. The van der Waals surface area contributed by atoms with Gasteiger partial charge >= 0.3 is 0 Å². The Kier molecular flexibility index (Phi) is 6.49. The van der Waals surface area contributed by atoms with Crippen molar-refractivity contribution in [3.8, 4) is 11.5 Å². The van der Waals surface area contributed by atoms with Crippen LogP contribution in [0.4, 0.5) is 0 Å². The molecule has 102 valence electrons. The lowest BCUT2D eigenvalue weighted by Crippen LogP contribution is -2.21. The summed E-state index contributed by atoms with van der Waals surface area (Å²) >= 11 is 0. The molecule has 0 fully saturated rings. The molecule has 1 atom stereocenters. The van der Waals surface area contributed by atoms with Crippen molar-refractivity contribution in [1.29, 1.82) is 0 Å². The van der Waals surface area contributed by atoms with Gasteiger partial charge in [-0.05, 0) is 26.0 Å². The Morgan fingerprint density at radius 3 is 2.72 bits per heavy atom. The molecule has 5 heteroatoms. The van der Waals surface area contributed by atoms with Gasteiger partial charge in [-0.25, -0.2) is 0 Å². The zero-order chi connectivity index (χ0) is 13.4. The third-order valence-corrected chi connectivity index (χ3v) is 2.63. The Bertz CT molecular complexity index is 357. The molecule has 0 saturated heterocycles. The highest BCUT2D eigenvalue weighted by molar-refractivity contribution is 5.40. The van der Waals surface area contributed by atoms with E-state index in [4.69, 9.17) is 9.84 Å². The van der Waals surface area contributed by atoms with E-state index in [0.717, 1.165) is 18.5 Å². The number of benzene rings is 1. The Morgan fingerprint density at radius 1 is 1.28 bits per heavy atom. The van der Waals surface area contributed by atoms with Crippen LogP contribution in [-0.2, 0) is 4.74 Å². The maximum atomic E-state index is 9.68. The van der Waals surface area contributed by atoms with E-state index >= 15 is 0 Å². The summed E-state index contributed by atoms with van der Waals surface area (Å²) in [5, 5.41) is 30.7. The quantitative estimate of drug-likeness (QED) is 0.524. The van der Waals surface area contributed by atoms with Crippen LogP contribution in [0.1, 0.15) is 24.9 Å². The highest BCUT2D eigenvalue weighted by Gasteiger charge is 2.09. The summed E-state index contributed by atoms with van der Waals surface area (Å²) < 4.78 is 5.14. The zero-order valence-corrected chi connectivity index (χ0v) is 10.6. The van der Waals surface area contributed by atoms with Gasteiger partial charge in [0.1, 0.15) is 11.5 Å². The molecule has 1 rings (SSSR count). The number of ether oxygens (including phenoxy) is 1. The van der Waals surface area contributed by atoms with E-state index in [0.29, 0.717) is 13.2 Å². The van der Waals surface area contributed by atoms with Gasteiger partial charge in [-0.15, -0.1) is 0 Å². The van der Waals surface area contributed by atoms with Crippen LogP contribution in [0.15, 0.2) is 18.2 Å². The average Bonchev–Trinajstić information content (AvgIpc) is 2.33. The highest BCUT2D eigenvalue weighted by atomic mass is 16.5. The van der Waals surface area contributed by atoms with E-state index in [2.05, 4.69) is 5.32 Å². The fraction of sp³-hybridized carbons (Fsp3) is 0.538. The van der Waals surface area contributed by atoms with Crippen molar-refractivity contribution in [3.05, 3.63) is 23.8 Å². The van der Waals surface area contributed by atoms with Crippen molar-refractivity contribution < 1.29 is 20.1 Å². The molecular weight excluding hydrogens is 234 g/mol. The standard InChI is InChI=1S/C13H21NO4/c1-10(14-5-2-7-18-8-6-15)12-4-3-11(16)9-13(12)17/h3-4,9-10,14-17H,2,5-8H2,1H3. The average molecular weight is 255 g/mol. The molecule has 0 aliphatic carbocycles. The molecule has 1 aromatic rings. The second-order valence-electron chi connectivity index (χ2n) is 4.11. The van der Waals surface area contributed by atoms with E-state index in [-0.39, 0.29) is 24.1 Å². The van der Waals surface area contributed by atoms with Crippen LogP contribution in [-0.4, -0.2) is 41.7 Å². The van der Waals surface area contributed by atoms with Crippen LogP contribution >= 0.6 is 0 Å². The molecule has 0 spiro atoms. The summed E-state index contributed by atoms with van der Waals surface area (Å²) in [6.07, 6.45) is 0.836. The zero-order valence-electron chi connectivity index (χ0n) is 10.6. The summed E-state index contributed by atoms with van der Waals surface area (Å²) in [6.45, 7) is 3.72. The maximum Gasteiger partial charge on any atom is 0.124 e. The monoisotopic (exact) mass is 255 g/mol. The minimum absolute atomic E-state index is 0.00319. The van der Waals surface area contributed by atoms with E-state index in [9.17, 15) is 10.2 Å². The van der Waals surface area contributed by atoms with Gasteiger partial charge in [-0.3, -0.25) is 0 Å². The van der Waals surface area contributed by atoms with E-state index < -0.39 is 0 Å². The van der Waals surface area contributed by atoms with Gasteiger partial charge in [-0.2, -0.15) is 0 Å². The molecule has 0 aliphatic rings. The largest absolute Gasteiger partial charge is 0.508 e. The second kappa shape index (κ2) is 7.92. The van der Waals surface area contributed by atoms with Gasteiger partial charge in [0.2, 0.25) is 0 Å². The summed E-state index contributed by atoms with van der Waals surface area (Å²) in [6, 6.07) is 4.59. The number of aliphatic hydroxyl groups excluding tert-OH is 1. The molecule has 18 heavy (non-hydrogen) atoms. The molecule has 0 bridgehead atoms. The third kappa shape index (κ3) is 4.91. The summed E-state index contributed by atoms with van der Waals surface area (Å²) in [5.74, 6) is 0.146. The Balaban J connectivity index is 2.29. The Hall–Kier alpha value is -1.30. The predicted molar refractivity (Wildman–Crippen MR) is 68.7 cm³/mol. The van der Waals surface area contributed by atoms with Gasteiger partial charge in [0, 0.05) is 24.3 Å². The second-order valence-corrected chi connectivity index (χ2v) is 4.11. The van der Waals surface area contributed by atoms with Crippen molar-refractivity contribution in [2.75, 3.05) is 26.4 Å². The number of phenolic OH excluding ortho intramolecular Hbond substituents is 2. The molecule has 0 saturated carbocycles. The smallest absolute Gasteiger partial charge is 0.124 e. The molecule has 1 aromatic carbocycles. The number of aliphatic hydroxyl groups is 1. The summed E-state index contributed by atoms with van der Waals surface area (Å²) in [4.78, 5) is 0. The van der Waals surface area contributed by atoms with Gasteiger partial charge < -0.3 is 25.4 Å². The molecule has 0 aliphatic heterocycles. The molecule has 1 unspecified atom stereocenters. The van der Waals surface area contributed by atoms with Gasteiger partial charge in [0.05, 0.1) is 13.2 Å². The van der Waals surface area contributed by atoms with Crippen LogP contribution in [0.2, 0.25) is 0 Å². The first kappa shape index (κ1) is 14.8. The maximum absolute atomic E-state index is 9.68. The SMILES string of the molecule is CC(NCCCOCCO)c1ccc(O)cc1O. The number of phenols is 2. The first-order valence-electron chi connectivity index (χ1n) is 6.09. The Morgan fingerprint density at radius 2 is 2.06 bits per heavy atom. The highest BCUT2D eigenvalue weighted by Crippen LogP contribution is 2.27. The first-order valence-corrected chi connectivity index (χ1v) is 6.09. The number of rotatable bonds is 8. The number of hydrogen-bond acceptors (Lipinski definition) is 5. The van der Waals surface area contributed by atoms with Gasteiger partial charge in [-0.1, -0.05) is 6.07 Å². The summed E-state index contributed by atoms with van der Waals surface area (Å²) in [7, 11) is 0. The van der Waals surface area contributed by atoms with Crippen LogP contribution in [0.5, 0.6) is 11.5 Å². The predicted octanol–water partition coefficient (Wildman–Crippen LogP) is 1.15. The van der Waals surface area contributed by atoms with Crippen LogP contribution in [0, 0.1) is 0 Å². The van der Waals surface area contributed by atoms with Crippen molar-refractivity contribution in [1.82, 2.24) is 5.32 Å². The fourth-order valence-corrected chi connectivity index (χ4v) is 1.67. The van der Waals surface area contributed by atoms with Crippen LogP contribution in [0.25, 0.3) is 0 Å². The number of hydrogen-bond donors (Lipinski definition) is 4. The van der Waals surface area contributed by atoms with E-state index in [1.165, 1.54) is 6.07 Å². The van der Waals surface area contributed by atoms with Gasteiger partial charge in [0.25, 0.3) is 0 Å². The molecule has 0 aromatic heterocycles. The third-order valence-electron chi connectivity index (χ3n) is 2.63. The lowest BCUT2D eigenvalue weighted by molar-refractivity contribution is 0.0904. The fourth-order valence-electron chi connectivity index (χ4n) is 1.67. The van der Waals surface area contributed by atoms with E-state index in [1.807, 2.05) is 6.92 Å². The van der Waals surface area contributed by atoms with Gasteiger partial charge in [0.15, 0.2) is 0 Å². The molecule has 0 amide bonds. The van der Waals surface area contributed by atoms with Crippen LogP contribution in [0.3, 0.4) is 0 Å². The molecule has 0 heterocycles. The van der Waals surface area contributed by atoms with Crippen molar-refractivity contribution >= 4 is 0 Å². The first-order chi connectivity index (χ1) is 8.65. The molecule has 5 nitrogen and oxygen atoms in total. The van der Waals surface area contributed by atoms with Crippen molar-refractivity contribution in [3.63, 3.8) is 0 Å². The van der Waals surface area contributed by atoms with Crippen LogP contribution < -0.4 is 5.32 Å². The minimum atomic E-state index is 0.00319. The summed E-state index contributed by atoms with van der Waals surface area (Å²) in [5.41, 5.74) is 0.754. The Labute approximate surface area is 107 Å². The molecular formula is C13H21NO4. The molecule has 0 radical (unpaired) electrons. The number of nitrogens with one attached hydrogen (secondary N) is 1. The van der Waals surface area contributed by atoms with Crippen molar-refractivity contribution in [2.24, 2.45) is 0 Å². The normalized spacial score (nSPS) is 12.6. The minimum Gasteiger partial charge on any atom is -0.508 e. The lowest BCUT2D eigenvalue weighted by atomic mass is 10.1. The topological polar surface area (TPSA) is 82.0 Å². The number of aromatic hydroxyl groups is 2. The lowest BCUT2D eigenvalue weighted by Gasteiger charge is -2.15. The van der Waals surface area contributed by atoms with Crippen molar-refractivity contribution in [2.45, 2.75) is 19.4 Å². The van der Waals surface area contributed by atoms with E-state index in [1.54, 1.807) is 12.1 Å².